The molecule has 1 heterocycles. The molecule has 2 aromatic rings. The highest BCUT2D eigenvalue weighted by Crippen LogP contribution is 2.19. The highest BCUT2D eigenvalue weighted by atomic mass is 35.5. The van der Waals surface area contributed by atoms with Crippen molar-refractivity contribution >= 4 is 45.2 Å². The summed E-state index contributed by atoms with van der Waals surface area (Å²) in [7, 11) is -3.85. The lowest BCUT2D eigenvalue weighted by Gasteiger charge is -2.14. The van der Waals surface area contributed by atoms with Crippen LogP contribution in [-0.2, 0) is 14.8 Å². The summed E-state index contributed by atoms with van der Waals surface area (Å²) in [5.41, 5.74) is 2.72. The van der Waals surface area contributed by atoms with Crippen LogP contribution in [0, 0.1) is 0 Å². The van der Waals surface area contributed by atoms with E-state index in [0.717, 1.165) is 5.01 Å². The van der Waals surface area contributed by atoms with Crippen LogP contribution in [0.5, 0.6) is 0 Å². The van der Waals surface area contributed by atoms with Gasteiger partial charge in [-0.25, -0.2) is 18.2 Å². The van der Waals surface area contributed by atoms with Gasteiger partial charge in [0, 0.05) is 16.3 Å². The van der Waals surface area contributed by atoms with Crippen molar-refractivity contribution in [2.45, 2.75) is 4.90 Å². The SMILES string of the molecule is O=C1CN(NC(=O)c2ccc(S(=O)(=O)Nc3ccc(Cl)cc3)cc2)C(=O)N1. The van der Waals surface area contributed by atoms with Crippen molar-refractivity contribution in [2.24, 2.45) is 0 Å². The van der Waals surface area contributed by atoms with Crippen LogP contribution < -0.4 is 15.5 Å². The number of anilines is 1. The average molecular weight is 409 g/mol. The number of rotatable bonds is 5. The van der Waals surface area contributed by atoms with Crippen LogP contribution >= 0.6 is 11.6 Å². The van der Waals surface area contributed by atoms with Crippen molar-refractivity contribution in [3.05, 3.63) is 59.1 Å². The molecule has 0 saturated carbocycles. The topological polar surface area (TPSA) is 125 Å². The fourth-order valence-corrected chi connectivity index (χ4v) is 3.42. The number of benzene rings is 2. The third-order valence-corrected chi connectivity index (χ3v) is 5.20. The fourth-order valence-electron chi connectivity index (χ4n) is 2.24. The lowest BCUT2D eigenvalue weighted by molar-refractivity contribution is -0.118. The Labute approximate surface area is 159 Å². The standard InChI is InChI=1S/C16H13ClN4O5S/c17-11-3-5-12(6-4-11)20-27(25,26)13-7-1-10(2-8-13)15(23)19-21-9-14(22)18-16(21)24/h1-8,20H,9H2,(H,19,23)(H,18,22,24). The minimum atomic E-state index is -3.85. The molecule has 11 heteroatoms. The molecular formula is C16H13ClN4O5S. The van der Waals surface area contributed by atoms with Crippen molar-refractivity contribution in [1.29, 1.82) is 0 Å². The van der Waals surface area contributed by atoms with Crippen molar-refractivity contribution in [3.63, 3.8) is 0 Å². The first kappa shape index (κ1) is 18.7. The molecule has 0 spiro atoms. The highest BCUT2D eigenvalue weighted by Gasteiger charge is 2.28. The van der Waals surface area contributed by atoms with E-state index in [1.807, 2.05) is 5.32 Å². The van der Waals surface area contributed by atoms with Gasteiger partial charge in [-0.3, -0.25) is 25.1 Å². The zero-order valence-electron chi connectivity index (χ0n) is 13.6. The van der Waals surface area contributed by atoms with Crippen molar-refractivity contribution in [2.75, 3.05) is 11.3 Å². The first-order valence-corrected chi connectivity index (χ1v) is 9.41. The number of hydrazine groups is 1. The molecule has 0 aromatic heterocycles. The maximum atomic E-state index is 12.4. The first-order valence-electron chi connectivity index (χ1n) is 7.55. The Hall–Kier alpha value is -3.11. The molecule has 1 fully saturated rings. The smallest absolute Gasteiger partial charge is 0.280 e. The van der Waals surface area contributed by atoms with E-state index < -0.39 is 27.9 Å². The second-order valence-corrected chi connectivity index (χ2v) is 7.64. The van der Waals surface area contributed by atoms with Crippen LogP contribution in [0.2, 0.25) is 5.02 Å². The van der Waals surface area contributed by atoms with Crippen LogP contribution in [0.1, 0.15) is 10.4 Å². The van der Waals surface area contributed by atoms with Crippen molar-refractivity contribution in [1.82, 2.24) is 15.8 Å². The summed E-state index contributed by atoms with van der Waals surface area (Å²) in [5, 5.41) is 3.32. The van der Waals surface area contributed by atoms with Crippen LogP contribution in [0.3, 0.4) is 0 Å². The summed E-state index contributed by atoms with van der Waals surface area (Å²) in [5.74, 6) is -1.19. The Morgan fingerprint density at radius 3 is 2.22 bits per heavy atom. The van der Waals surface area contributed by atoms with Crippen LogP contribution in [0.25, 0.3) is 0 Å². The van der Waals surface area contributed by atoms with Gasteiger partial charge in [0.05, 0.1) is 4.90 Å². The molecule has 27 heavy (non-hydrogen) atoms. The molecule has 9 nitrogen and oxygen atoms in total. The molecule has 0 unspecified atom stereocenters. The van der Waals surface area contributed by atoms with Crippen LogP contribution in [0.15, 0.2) is 53.4 Å². The quantitative estimate of drug-likeness (QED) is 0.644. The number of nitrogens with zero attached hydrogens (tertiary/aromatic N) is 1. The number of halogens is 1. The molecule has 3 rings (SSSR count). The minimum absolute atomic E-state index is 0.0527. The van der Waals surface area contributed by atoms with Crippen LogP contribution in [0.4, 0.5) is 10.5 Å². The molecule has 0 bridgehead atoms. The van der Waals surface area contributed by atoms with E-state index in [2.05, 4.69) is 10.1 Å². The minimum Gasteiger partial charge on any atom is -0.280 e. The van der Waals surface area contributed by atoms with Gasteiger partial charge in [-0.1, -0.05) is 11.6 Å². The molecule has 1 saturated heterocycles. The summed E-state index contributed by atoms with van der Waals surface area (Å²) in [6, 6.07) is 10.5. The number of urea groups is 1. The molecule has 2 aromatic carbocycles. The number of carbonyl (C=O) groups excluding carboxylic acids is 3. The van der Waals surface area contributed by atoms with Gasteiger partial charge in [0.25, 0.3) is 15.9 Å². The Bertz CT molecular complexity index is 1010. The summed E-state index contributed by atoms with van der Waals surface area (Å²) >= 11 is 5.76. The summed E-state index contributed by atoms with van der Waals surface area (Å²) in [4.78, 5) is 34.6. The lowest BCUT2D eigenvalue weighted by Crippen LogP contribution is -2.44. The molecule has 0 radical (unpaired) electrons. The third kappa shape index (κ3) is 4.36. The normalized spacial score (nSPS) is 14.0. The van der Waals surface area contributed by atoms with E-state index in [-0.39, 0.29) is 17.0 Å². The lowest BCUT2D eigenvalue weighted by atomic mass is 10.2. The molecule has 1 aliphatic heterocycles. The van der Waals surface area contributed by atoms with E-state index in [4.69, 9.17) is 11.6 Å². The number of amides is 4. The Morgan fingerprint density at radius 2 is 1.67 bits per heavy atom. The number of carbonyl (C=O) groups is 3. The number of sulfonamides is 1. The van der Waals surface area contributed by atoms with Gasteiger partial charge in [-0.2, -0.15) is 0 Å². The molecule has 4 amide bonds. The Morgan fingerprint density at radius 1 is 1.04 bits per heavy atom. The number of hydrogen-bond donors (Lipinski definition) is 3. The summed E-state index contributed by atoms with van der Waals surface area (Å²) in [6.45, 7) is -0.290. The molecule has 1 aliphatic rings. The number of hydrogen-bond acceptors (Lipinski definition) is 5. The van der Waals surface area contributed by atoms with Gasteiger partial charge >= 0.3 is 6.03 Å². The maximum absolute atomic E-state index is 12.4. The second kappa shape index (κ2) is 7.25. The number of imide groups is 1. The van der Waals surface area contributed by atoms with Gasteiger partial charge in [-0.05, 0) is 48.5 Å². The Balaban J connectivity index is 1.70. The third-order valence-electron chi connectivity index (χ3n) is 3.55. The molecule has 3 N–H and O–H groups in total. The van der Waals surface area contributed by atoms with E-state index in [1.54, 1.807) is 12.1 Å². The number of nitrogens with one attached hydrogen (secondary N) is 3. The van der Waals surface area contributed by atoms with Gasteiger partial charge in [0.2, 0.25) is 5.91 Å². The van der Waals surface area contributed by atoms with E-state index >= 15 is 0 Å². The molecule has 140 valence electrons. The Kier molecular flexibility index (Phi) is 5.02. The molecule has 0 atom stereocenters. The van der Waals surface area contributed by atoms with Gasteiger partial charge in [-0.15, -0.1) is 0 Å². The van der Waals surface area contributed by atoms with Gasteiger partial charge < -0.3 is 0 Å². The van der Waals surface area contributed by atoms with E-state index in [1.165, 1.54) is 36.4 Å². The van der Waals surface area contributed by atoms with Crippen LogP contribution in [-0.4, -0.2) is 37.8 Å². The maximum Gasteiger partial charge on any atom is 0.343 e. The monoisotopic (exact) mass is 408 g/mol. The van der Waals surface area contributed by atoms with E-state index in [9.17, 15) is 22.8 Å². The zero-order valence-corrected chi connectivity index (χ0v) is 15.2. The second-order valence-electron chi connectivity index (χ2n) is 5.52. The first-order chi connectivity index (χ1) is 12.7. The van der Waals surface area contributed by atoms with Gasteiger partial charge in [0.1, 0.15) is 6.54 Å². The predicted molar refractivity (Wildman–Crippen MR) is 96.4 cm³/mol. The predicted octanol–water partition coefficient (Wildman–Crippen LogP) is 1.34. The fraction of sp³-hybridized carbons (Fsp3) is 0.0625. The largest absolute Gasteiger partial charge is 0.343 e. The van der Waals surface area contributed by atoms with E-state index in [0.29, 0.717) is 10.7 Å². The van der Waals surface area contributed by atoms with Gasteiger partial charge in [0.15, 0.2) is 0 Å². The molecule has 0 aliphatic carbocycles. The summed E-state index contributed by atoms with van der Waals surface area (Å²) < 4.78 is 27.2. The molecular weight excluding hydrogens is 396 g/mol. The zero-order chi connectivity index (χ0) is 19.6. The summed E-state index contributed by atoms with van der Waals surface area (Å²) in [6.07, 6.45) is 0. The average Bonchev–Trinajstić information content (AvgIpc) is 2.94. The van der Waals surface area contributed by atoms with Crippen molar-refractivity contribution < 1.29 is 22.8 Å². The highest BCUT2D eigenvalue weighted by molar-refractivity contribution is 7.92. The van der Waals surface area contributed by atoms with Crippen molar-refractivity contribution in [3.8, 4) is 0 Å².